The number of carbonyl (C=O) groups is 2. The standard InChI is InChI=1S/C24H22O10/c25-15-5-13(6-16(26)9-15)21(11-23(29)30)33-19-3-1-2-4-20(19)34-22(12-24(31)32)14-7-17(27)10-18(28)8-14/h1-10,21-22,25-28H,11-12H2,(H,29,30)(H,31,32). The normalized spacial score (nSPS) is 12.5. The molecule has 0 bridgehead atoms. The number of benzene rings is 3. The number of aliphatic carboxylic acids is 2. The molecule has 6 N–H and O–H groups in total. The van der Waals surface area contributed by atoms with E-state index in [0.29, 0.717) is 0 Å². The summed E-state index contributed by atoms with van der Waals surface area (Å²) in [4.78, 5) is 22.9. The summed E-state index contributed by atoms with van der Waals surface area (Å²) >= 11 is 0. The van der Waals surface area contributed by atoms with Crippen LogP contribution in [0.25, 0.3) is 0 Å². The lowest BCUT2D eigenvalue weighted by atomic mass is 10.0. The molecule has 10 heteroatoms. The molecule has 2 atom stereocenters. The van der Waals surface area contributed by atoms with Crippen molar-refractivity contribution in [3.8, 4) is 34.5 Å². The van der Waals surface area contributed by atoms with Gasteiger partial charge in [-0.25, -0.2) is 0 Å². The summed E-state index contributed by atoms with van der Waals surface area (Å²) in [5.41, 5.74) is 0.379. The van der Waals surface area contributed by atoms with Gasteiger partial charge in [-0.3, -0.25) is 9.59 Å². The van der Waals surface area contributed by atoms with Crippen molar-refractivity contribution >= 4 is 11.9 Å². The molecule has 0 spiro atoms. The largest absolute Gasteiger partial charge is 0.508 e. The summed E-state index contributed by atoms with van der Waals surface area (Å²) in [5.74, 6) is -3.43. The minimum Gasteiger partial charge on any atom is -0.508 e. The van der Waals surface area contributed by atoms with Gasteiger partial charge in [-0.1, -0.05) is 12.1 Å². The van der Waals surface area contributed by atoms with Crippen LogP contribution >= 0.6 is 0 Å². The van der Waals surface area contributed by atoms with Crippen molar-refractivity contribution in [1.82, 2.24) is 0 Å². The number of hydrogen-bond donors (Lipinski definition) is 6. The molecule has 0 heterocycles. The highest BCUT2D eigenvalue weighted by Gasteiger charge is 2.24. The molecular weight excluding hydrogens is 448 g/mol. The second-order valence-electron chi connectivity index (χ2n) is 7.42. The zero-order chi connectivity index (χ0) is 24.8. The smallest absolute Gasteiger partial charge is 0.307 e. The minimum atomic E-state index is -1.20. The van der Waals surface area contributed by atoms with Crippen LogP contribution in [0, 0.1) is 0 Å². The summed E-state index contributed by atoms with van der Waals surface area (Å²) in [6.45, 7) is 0. The van der Waals surface area contributed by atoms with Crippen molar-refractivity contribution in [3.63, 3.8) is 0 Å². The van der Waals surface area contributed by atoms with Crippen molar-refractivity contribution in [2.75, 3.05) is 0 Å². The number of para-hydroxylation sites is 2. The number of aromatic hydroxyl groups is 4. The summed E-state index contributed by atoms with van der Waals surface area (Å²) in [7, 11) is 0. The number of carboxylic acid groups (broad SMARTS) is 2. The van der Waals surface area contributed by atoms with Gasteiger partial charge in [0.2, 0.25) is 0 Å². The van der Waals surface area contributed by atoms with Crippen LogP contribution in [0.5, 0.6) is 34.5 Å². The van der Waals surface area contributed by atoms with E-state index < -0.39 is 37.0 Å². The molecule has 178 valence electrons. The van der Waals surface area contributed by atoms with Crippen LogP contribution in [0.3, 0.4) is 0 Å². The first-order valence-corrected chi connectivity index (χ1v) is 10.0. The van der Waals surface area contributed by atoms with Gasteiger partial charge in [0.25, 0.3) is 0 Å². The van der Waals surface area contributed by atoms with E-state index in [9.17, 15) is 40.2 Å². The summed E-state index contributed by atoms with van der Waals surface area (Å²) in [6, 6.07) is 13.3. The van der Waals surface area contributed by atoms with Gasteiger partial charge < -0.3 is 40.1 Å². The van der Waals surface area contributed by atoms with Crippen LogP contribution < -0.4 is 9.47 Å². The zero-order valence-corrected chi connectivity index (χ0v) is 17.7. The summed E-state index contributed by atoms with van der Waals surface area (Å²) < 4.78 is 11.7. The highest BCUT2D eigenvalue weighted by molar-refractivity contribution is 5.68. The maximum absolute atomic E-state index is 11.4. The average molecular weight is 470 g/mol. The Labute approximate surface area is 193 Å². The SMILES string of the molecule is O=C(O)CC(Oc1ccccc1OC(CC(=O)O)c1cc(O)cc(O)c1)c1cc(O)cc(O)c1. The molecule has 0 aliphatic carbocycles. The Morgan fingerprint density at radius 1 is 0.618 bits per heavy atom. The van der Waals surface area contributed by atoms with E-state index in [1.54, 1.807) is 12.1 Å². The number of phenolic OH excluding ortho intramolecular Hbond substituents is 4. The fourth-order valence-electron chi connectivity index (χ4n) is 3.33. The van der Waals surface area contributed by atoms with Crippen molar-refractivity contribution in [1.29, 1.82) is 0 Å². The first-order chi connectivity index (χ1) is 16.1. The molecule has 3 aromatic rings. The lowest BCUT2D eigenvalue weighted by molar-refractivity contribution is -0.140. The number of hydrogen-bond acceptors (Lipinski definition) is 8. The van der Waals surface area contributed by atoms with Crippen LogP contribution in [0.15, 0.2) is 60.7 Å². The van der Waals surface area contributed by atoms with Crippen LogP contribution in [-0.2, 0) is 9.59 Å². The predicted octanol–water partition coefficient (Wildman–Crippen LogP) is 3.70. The van der Waals surface area contributed by atoms with Gasteiger partial charge >= 0.3 is 11.9 Å². The van der Waals surface area contributed by atoms with Gasteiger partial charge in [-0.05, 0) is 36.4 Å². The Morgan fingerprint density at radius 2 is 0.941 bits per heavy atom. The van der Waals surface area contributed by atoms with Gasteiger partial charge in [-0.2, -0.15) is 0 Å². The molecule has 0 amide bonds. The molecule has 0 saturated carbocycles. The number of rotatable bonds is 10. The Bertz CT molecular complexity index is 1060. The van der Waals surface area contributed by atoms with Crippen molar-refractivity contribution < 1.29 is 49.7 Å². The van der Waals surface area contributed by atoms with Gasteiger partial charge in [0, 0.05) is 23.3 Å². The topological polar surface area (TPSA) is 174 Å². The predicted molar refractivity (Wildman–Crippen MR) is 117 cm³/mol. The first kappa shape index (κ1) is 24.1. The fourth-order valence-corrected chi connectivity index (χ4v) is 3.33. The first-order valence-electron chi connectivity index (χ1n) is 10.0. The van der Waals surface area contributed by atoms with Crippen molar-refractivity contribution in [2.45, 2.75) is 25.0 Å². The third-order valence-corrected chi connectivity index (χ3v) is 4.70. The molecular formula is C24H22O10. The van der Waals surface area contributed by atoms with Gasteiger partial charge in [-0.15, -0.1) is 0 Å². The van der Waals surface area contributed by atoms with E-state index in [0.717, 1.165) is 12.1 Å². The molecule has 0 aromatic heterocycles. The molecule has 34 heavy (non-hydrogen) atoms. The second kappa shape index (κ2) is 10.3. The van der Waals surface area contributed by atoms with Crippen molar-refractivity contribution in [3.05, 3.63) is 71.8 Å². The molecule has 0 radical (unpaired) electrons. The molecule has 3 rings (SSSR count). The highest BCUT2D eigenvalue weighted by Crippen LogP contribution is 2.38. The van der Waals surface area contributed by atoms with Crippen LogP contribution in [-0.4, -0.2) is 42.6 Å². The Kier molecular flexibility index (Phi) is 7.32. The fraction of sp³-hybridized carbons (Fsp3) is 0.167. The molecule has 0 aliphatic heterocycles. The van der Waals surface area contributed by atoms with E-state index in [1.165, 1.54) is 36.4 Å². The van der Waals surface area contributed by atoms with E-state index >= 15 is 0 Å². The van der Waals surface area contributed by atoms with Gasteiger partial charge in [0.1, 0.15) is 35.2 Å². The van der Waals surface area contributed by atoms with E-state index in [4.69, 9.17) is 9.47 Å². The maximum Gasteiger partial charge on any atom is 0.307 e. The average Bonchev–Trinajstić information content (AvgIpc) is 2.72. The minimum absolute atomic E-state index is 0.0661. The number of ether oxygens (including phenoxy) is 2. The maximum atomic E-state index is 11.4. The molecule has 2 unspecified atom stereocenters. The molecule has 0 fully saturated rings. The zero-order valence-electron chi connectivity index (χ0n) is 17.7. The van der Waals surface area contributed by atoms with Crippen LogP contribution in [0.2, 0.25) is 0 Å². The molecule has 10 nitrogen and oxygen atoms in total. The van der Waals surface area contributed by atoms with Crippen molar-refractivity contribution in [2.24, 2.45) is 0 Å². The van der Waals surface area contributed by atoms with E-state index in [2.05, 4.69) is 0 Å². The second-order valence-corrected chi connectivity index (χ2v) is 7.42. The number of phenols is 4. The lowest BCUT2D eigenvalue weighted by Crippen LogP contribution is -2.16. The Balaban J connectivity index is 1.96. The summed E-state index contributed by atoms with van der Waals surface area (Å²) in [6.07, 6.45) is -3.31. The lowest BCUT2D eigenvalue weighted by Gasteiger charge is -2.23. The van der Waals surface area contributed by atoms with E-state index in [-0.39, 0.29) is 45.6 Å². The third kappa shape index (κ3) is 6.45. The van der Waals surface area contributed by atoms with E-state index in [1.807, 2.05) is 0 Å². The van der Waals surface area contributed by atoms with Crippen LogP contribution in [0.4, 0.5) is 0 Å². The number of carboxylic acids is 2. The monoisotopic (exact) mass is 470 g/mol. The molecule has 0 aliphatic rings. The third-order valence-electron chi connectivity index (χ3n) is 4.70. The highest BCUT2D eigenvalue weighted by atomic mass is 16.5. The summed E-state index contributed by atoms with van der Waals surface area (Å²) in [5, 5.41) is 57.8. The van der Waals surface area contributed by atoms with Gasteiger partial charge in [0.15, 0.2) is 11.5 Å². The quantitative estimate of drug-likeness (QED) is 0.256. The molecule has 3 aromatic carbocycles. The molecule has 0 saturated heterocycles. The Hall–Kier alpha value is -4.60. The van der Waals surface area contributed by atoms with Gasteiger partial charge in [0.05, 0.1) is 12.8 Å². The van der Waals surface area contributed by atoms with Crippen LogP contribution in [0.1, 0.15) is 36.2 Å². The Morgan fingerprint density at radius 3 is 1.24 bits per heavy atom.